The van der Waals surface area contributed by atoms with Crippen LogP contribution in [-0.4, -0.2) is 66.5 Å². The van der Waals surface area contributed by atoms with Crippen molar-refractivity contribution in [1.82, 2.24) is 0 Å². The molecule has 0 amide bonds. The summed E-state index contributed by atoms with van der Waals surface area (Å²) >= 11 is 0. The summed E-state index contributed by atoms with van der Waals surface area (Å²) in [5.41, 5.74) is 0. The minimum absolute atomic E-state index is 0.163. The van der Waals surface area contributed by atoms with Crippen LogP contribution in [0.5, 0.6) is 0 Å². The third-order valence-electron chi connectivity index (χ3n) is 14.9. The van der Waals surface area contributed by atoms with Gasteiger partial charge in [0, 0.05) is 19.3 Å². The molecular weight excluding hydrogens is 1050 g/mol. The van der Waals surface area contributed by atoms with Gasteiger partial charge in [0.15, 0.2) is 6.10 Å². The maximum Gasteiger partial charge on any atom is 0.472 e. The van der Waals surface area contributed by atoms with Gasteiger partial charge in [0.2, 0.25) is 0 Å². The van der Waals surface area contributed by atoms with Crippen LogP contribution in [0.3, 0.4) is 0 Å². The Morgan fingerprint density at radius 3 is 0.988 bits per heavy atom. The van der Waals surface area contributed by atoms with Gasteiger partial charge in [0.25, 0.3) is 0 Å². The van der Waals surface area contributed by atoms with E-state index in [4.69, 9.17) is 23.3 Å². The number of hydrogen-bond donors (Lipinski definition) is 2. The fourth-order valence-corrected chi connectivity index (χ4v) is 10.5. The van der Waals surface area contributed by atoms with Crippen LogP contribution in [0.1, 0.15) is 329 Å². The second-order valence-electron chi connectivity index (χ2n) is 23.0. The molecule has 0 aromatic rings. The predicted molar refractivity (Wildman–Crippen MR) is 344 cm³/mol. The fraction of sp³-hybridized carbons (Fsp3) is 0.814. The zero-order valence-corrected chi connectivity index (χ0v) is 54.1. The quantitative estimate of drug-likeness (QED) is 0.0197. The molecule has 82 heavy (non-hydrogen) atoms. The van der Waals surface area contributed by atoms with E-state index in [0.717, 1.165) is 103 Å². The Hall–Kier alpha value is -2.82. The van der Waals surface area contributed by atoms with Gasteiger partial charge in [-0.3, -0.25) is 23.4 Å². The fourth-order valence-electron chi connectivity index (χ4n) is 9.76. The molecule has 0 bridgehead atoms. The molecule has 2 N–H and O–H groups in total. The summed E-state index contributed by atoms with van der Waals surface area (Å²) in [7, 11) is -4.76. The van der Waals surface area contributed by atoms with Crippen molar-refractivity contribution in [2.75, 3.05) is 26.4 Å². The van der Waals surface area contributed by atoms with Crippen molar-refractivity contribution in [3.05, 3.63) is 60.8 Å². The SMILES string of the molecule is CC/C=C\C/C=C\C/C=C\C/C=C\CCCCCCCCC(=O)OCC(COP(=O)(O)OCC(CO)OC(=O)CCCCCCCCCCCCCCCCCCC)OC(=O)CCCCCCCCCCC/C=C\CCCCCCCC. The number of ether oxygens (including phenoxy) is 3. The second-order valence-corrected chi connectivity index (χ2v) is 24.4. The number of carbonyl (C=O) groups is 3. The summed E-state index contributed by atoms with van der Waals surface area (Å²) in [6.45, 7) is 4.59. The third kappa shape index (κ3) is 61.7. The van der Waals surface area contributed by atoms with Gasteiger partial charge in [-0.25, -0.2) is 4.57 Å². The Morgan fingerprint density at radius 1 is 0.354 bits per heavy atom. The first kappa shape index (κ1) is 79.2. The largest absolute Gasteiger partial charge is 0.472 e. The number of rotatable bonds is 64. The van der Waals surface area contributed by atoms with Crippen LogP contribution in [0.4, 0.5) is 0 Å². The molecule has 0 saturated heterocycles. The molecule has 0 heterocycles. The summed E-state index contributed by atoms with van der Waals surface area (Å²) in [5, 5.41) is 9.87. The lowest BCUT2D eigenvalue weighted by Gasteiger charge is -2.21. The highest BCUT2D eigenvalue weighted by Crippen LogP contribution is 2.43. The van der Waals surface area contributed by atoms with E-state index in [1.54, 1.807) is 0 Å². The van der Waals surface area contributed by atoms with Gasteiger partial charge in [-0.05, 0) is 83.5 Å². The van der Waals surface area contributed by atoms with Crippen LogP contribution >= 0.6 is 7.82 Å². The van der Waals surface area contributed by atoms with E-state index in [-0.39, 0.29) is 25.9 Å². The highest BCUT2D eigenvalue weighted by atomic mass is 31.2. The number of unbranched alkanes of at least 4 members (excludes halogenated alkanes) is 37. The topological polar surface area (TPSA) is 155 Å². The molecule has 0 spiro atoms. The average Bonchev–Trinajstić information content (AvgIpc) is 3.47. The van der Waals surface area contributed by atoms with Crippen molar-refractivity contribution in [2.45, 2.75) is 341 Å². The molecule has 3 unspecified atom stereocenters. The van der Waals surface area contributed by atoms with Crippen molar-refractivity contribution in [3.63, 3.8) is 0 Å². The van der Waals surface area contributed by atoms with Crippen molar-refractivity contribution in [1.29, 1.82) is 0 Å². The number of hydrogen-bond acceptors (Lipinski definition) is 10. The van der Waals surface area contributed by atoms with Gasteiger partial charge in [0.1, 0.15) is 12.7 Å². The molecule has 0 fully saturated rings. The van der Waals surface area contributed by atoms with Gasteiger partial charge < -0.3 is 24.2 Å². The molecule has 0 radical (unpaired) electrons. The molecule has 0 rings (SSSR count). The van der Waals surface area contributed by atoms with Gasteiger partial charge >= 0.3 is 25.7 Å². The predicted octanol–water partition coefficient (Wildman–Crippen LogP) is 21.0. The lowest BCUT2D eigenvalue weighted by atomic mass is 10.0. The molecule has 0 aliphatic rings. The van der Waals surface area contributed by atoms with E-state index in [2.05, 4.69) is 81.5 Å². The van der Waals surface area contributed by atoms with Crippen LogP contribution in [0.15, 0.2) is 60.8 Å². The summed E-state index contributed by atoms with van der Waals surface area (Å²) < 4.78 is 39.8. The maximum atomic E-state index is 13.0. The Labute approximate surface area is 504 Å². The van der Waals surface area contributed by atoms with E-state index in [1.807, 2.05) is 0 Å². The summed E-state index contributed by atoms with van der Waals surface area (Å²) in [6.07, 6.45) is 73.1. The summed E-state index contributed by atoms with van der Waals surface area (Å²) in [4.78, 5) is 48.9. The minimum Gasteiger partial charge on any atom is -0.462 e. The van der Waals surface area contributed by atoms with Gasteiger partial charge in [0.05, 0.1) is 19.8 Å². The van der Waals surface area contributed by atoms with Gasteiger partial charge in [-0.15, -0.1) is 0 Å². The molecule has 12 heteroatoms. The second kappa shape index (κ2) is 64.2. The summed E-state index contributed by atoms with van der Waals surface area (Å²) in [6, 6.07) is 0. The Morgan fingerprint density at radius 2 is 0.634 bits per heavy atom. The van der Waals surface area contributed by atoms with Crippen molar-refractivity contribution in [3.8, 4) is 0 Å². The zero-order chi connectivity index (χ0) is 59.8. The normalized spacial score (nSPS) is 13.6. The van der Waals surface area contributed by atoms with Crippen LogP contribution in [0.2, 0.25) is 0 Å². The first-order valence-corrected chi connectivity index (χ1v) is 35.7. The lowest BCUT2D eigenvalue weighted by Crippen LogP contribution is -2.30. The number of allylic oxidation sites excluding steroid dienone is 10. The van der Waals surface area contributed by atoms with Gasteiger partial charge in [-0.2, -0.15) is 0 Å². The smallest absolute Gasteiger partial charge is 0.462 e. The number of phosphoric acid groups is 1. The van der Waals surface area contributed by atoms with E-state index >= 15 is 0 Å². The Bertz CT molecular complexity index is 1610. The number of phosphoric ester groups is 1. The number of carbonyl (C=O) groups excluding carboxylic acids is 3. The first-order valence-electron chi connectivity index (χ1n) is 34.2. The van der Waals surface area contributed by atoms with E-state index in [9.17, 15) is 28.9 Å². The number of esters is 3. The lowest BCUT2D eigenvalue weighted by molar-refractivity contribution is -0.161. The van der Waals surface area contributed by atoms with Crippen molar-refractivity contribution in [2.24, 2.45) is 0 Å². The molecule has 0 aliphatic heterocycles. The standard InChI is InChI=1S/C70H127O11P/c1-4-7-10-13-16-19-22-25-28-31-33-36-38-41-44-47-50-53-56-59-68(72)77-63-67(81-70(74)61-58-55-52-49-46-43-40-37-34-32-29-26-23-20-17-14-11-8-5-2)65-79-82(75,76)78-64-66(62-71)80-69(73)60-57-54-51-48-45-42-39-35-30-27-24-21-18-15-12-9-6-3/h7,10,16,19,25-26,28-29,33,36,66-67,71H,4-6,8-9,11-15,17-18,20-24,27,30-32,34-35,37-65H2,1-3H3,(H,75,76)/b10-7-,19-16-,28-25-,29-26-,36-33-. The number of aliphatic hydroxyl groups is 1. The van der Waals surface area contributed by atoms with Crippen LogP contribution in [0, 0.1) is 0 Å². The first-order chi connectivity index (χ1) is 40.2. The van der Waals surface area contributed by atoms with Crippen molar-refractivity contribution < 1.29 is 52.2 Å². The monoisotopic (exact) mass is 1170 g/mol. The molecule has 0 saturated carbocycles. The average molecular weight is 1180 g/mol. The van der Waals surface area contributed by atoms with Crippen LogP contribution in [0.25, 0.3) is 0 Å². The van der Waals surface area contributed by atoms with Crippen LogP contribution in [-0.2, 0) is 42.2 Å². The number of aliphatic hydroxyl groups excluding tert-OH is 1. The molecular formula is C70H127O11P. The van der Waals surface area contributed by atoms with Crippen LogP contribution < -0.4 is 0 Å². The molecule has 11 nitrogen and oxygen atoms in total. The Balaban J connectivity index is 4.68. The molecule has 3 atom stereocenters. The highest BCUT2D eigenvalue weighted by molar-refractivity contribution is 7.47. The van der Waals surface area contributed by atoms with E-state index < -0.39 is 57.8 Å². The molecule has 0 aromatic heterocycles. The Kier molecular flexibility index (Phi) is 62.0. The molecule has 0 aromatic carbocycles. The van der Waals surface area contributed by atoms with Crippen molar-refractivity contribution >= 4 is 25.7 Å². The summed E-state index contributed by atoms with van der Waals surface area (Å²) in [5.74, 6) is -1.46. The minimum atomic E-state index is -4.76. The zero-order valence-electron chi connectivity index (χ0n) is 53.2. The van der Waals surface area contributed by atoms with Gasteiger partial charge in [-0.1, -0.05) is 287 Å². The highest BCUT2D eigenvalue weighted by Gasteiger charge is 2.28. The van der Waals surface area contributed by atoms with E-state index in [0.29, 0.717) is 19.3 Å². The maximum absolute atomic E-state index is 13.0. The van der Waals surface area contributed by atoms with E-state index in [1.165, 1.54) is 167 Å². The molecule has 0 aliphatic carbocycles. The molecule has 478 valence electrons. The third-order valence-corrected chi connectivity index (χ3v) is 15.9.